The van der Waals surface area contributed by atoms with Crippen LogP contribution in [-0.2, 0) is 16.1 Å². The van der Waals surface area contributed by atoms with E-state index in [-0.39, 0.29) is 12.0 Å². The molecule has 1 saturated heterocycles. The third-order valence-electron chi connectivity index (χ3n) is 4.21. The van der Waals surface area contributed by atoms with E-state index in [0.717, 1.165) is 17.7 Å². The third-order valence-corrected chi connectivity index (χ3v) is 4.21. The highest BCUT2D eigenvalue weighted by Crippen LogP contribution is 2.23. The molecule has 0 saturated carbocycles. The fourth-order valence-corrected chi connectivity index (χ4v) is 2.76. The lowest BCUT2D eigenvalue weighted by atomic mass is 10.2. The van der Waals surface area contributed by atoms with Gasteiger partial charge >= 0.3 is 0 Å². The van der Waals surface area contributed by atoms with Gasteiger partial charge in [-0.3, -0.25) is 4.79 Å². The molecular weight excluding hydrogens is 334 g/mol. The summed E-state index contributed by atoms with van der Waals surface area (Å²) in [6, 6.07) is 10.9. The molecular formula is C19H23N3O4. The minimum atomic E-state index is -0.416. The molecule has 0 radical (unpaired) electrons. The number of nitrogens with one attached hydrogen (secondary N) is 1. The molecule has 3 N–H and O–H groups in total. The first-order valence-electron chi connectivity index (χ1n) is 8.58. The van der Waals surface area contributed by atoms with E-state index in [4.69, 9.17) is 19.9 Å². The fourth-order valence-electron chi connectivity index (χ4n) is 2.76. The van der Waals surface area contributed by atoms with Gasteiger partial charge in [0.15, 0.2) is 0 Å². The topological polar surface area (TPSA) is 95.7 Å². The molecule has 0 aliphatic carbocycles. The van der Waals surface area contributed by atoms with Gasteiger partial charge in [-0.1, -0.05) is 0 Å². The van der Waals surface area contributed by atoms with E-state index in [1.54, 1.807) is 31.5 Å². The maximum atomic E-state index is 12.2. The molecule has 0 spiro atoms. The fraction of sp³-hybridized carbons (Fsp3) is 0.368. The number of pyridine rings is 1. The number of hydrogen-bond donors (Lipinski definition) is 2. The number of carbonyl (C=O) groups is 1. The van der Waals surface area contributed by atoms with E-state index >= 15 is 0 Å². The summed E-state index contributed by atoms with van der Waals surface area (Å²) in [6.07, 6.45) is 2.74. The van der Waals surface area contributed by atoms with Crippen molar-refractivity contribution in [3.8, 4) is 17.4 Å². The Hall–Kier alpha value is -2.64. The molecule has 7 nitrogen and oxygen atoms in total. The van der Waals surface area contributed by atoms with Crippen LogP contribution in [0.2, 0.25) is 0 Å². The largest absolute Gasteiger partial charge is 0.497 e. The summed E-state index contributed by atoms with van der Waals surface area (Å²) in [4.78, 5) is 16.4. The lowest BCUT2D eigenvalue weighted by Gasteiger charge is -2.13. The number of amides is 1. The van der Waals surface area contributed by atoms with E-state index in [0.29, 0.717) is 31.1 Å². The molecule has 1 fully saturated rings. The van der Waals surface area contributed by atoms with Gasteiger partial charge in [0.1, 0.15) is 17.6 Å². The van der Waals surface area contributed by atoms with Gasteiger partial charge in [-0.2, -0.15) is 0 Å². The summed E-state index contributed by atoms with van der Waals surface area (Å²) in [5.74, 6) is 1.76. The average Bonchev–Trinajstić information content (AvgIpc) is 3.16. The summed E-state index contributed by atoms with van der Waals surface area (Å²) in [5.41, 5.74) is 6.47. The average molecular weight is 357 g/mol. The minimum absolute atomic E-state index is 0.0174. The monoisotopic (exact) mass is 357 g/mol. The van der Waals surface area contributed by atoms with Gasteiger partial charge < -0.3 is 25.3 Å². The molecule has 2 aromatic rings. The molecule has 138 valence electrons. The van der Waals surface area contributed by atoms with Crippen LogP contribution < -0.4 is 20.5 Å². The van der Waals surface area contributed by atoms with Crippen molar-refractivity contribution < 1.29 is 19.0 Å². The van der Waals surface area contributed by atoms with Crippen LogP contribution in [0.1, 0.15) is 18.4 Å². The van der Waals surface area contributed by atoms with Gasteiger partial charge in [0.25, 0.3) is 0 Å². The minimum Gasteiger partial charge on any atom is -0.497 e. The predicted molar refractivity (Wildman–Crippen MR) is 96.1 cm³/mol. The lowest BCUT2D eigenvalue weighted by Crippen LogP contribution is -2.35. The molecule has 2 atom stereocenters. The highest BCUT2D eigenvalue weighted by atomic mass is 16.5. The summed E-state index contributed by atoms with van der Waals surface area (Å²) in [7, 11) is 1.61. The number of rotatable bonds is 7. The van der Waals surface area contributed by atoms with Crippen molar-refractivity contribution >= 4 is 5.91 Å². The van der Waals surface area contributed by atoms with E-state index in [1.165, 1.54) is 0 Å². The molecule has 26 heavy (non-hydrogen) atoms. The smallest absolute Gasteiger partial charge is 0.249 e. The number of nitrogens with two attached hydrogens (primary N) is 1. The predicted octanol–water partition coefficient (Wildman–Crippen LogP) is 2.00. The standard InChI is InChI=1S/C19H23N3O4/c1-24-14-2-4-15(5-3-14)26-18-10-13(8-9-21-18)12-22-19(23)17-7-6-16(11-20)25-17/h2-5,8-10,16-17H,6-7,11-12,20H2,1H3,(H,22,23)/t16-,17+/m1/s1. The highest BCUT2D eigenvalue weighted by Gasteiger charge is 2.29. The number of nitrogens with zero attached hydrogens (tertiary/aromatic N) is 1. The number of hydrogen-bond acceptors (Lipinski definition) is 6. The van der Waals surface area contributed by atoms with Gasteiger partial charge in [-0.05, 0) is 48.7 Å². The molecule has 3 rings (SSSR count). The van der Waals surface area contributed by atoms with E-state index in [2.05, 4.69) is 10.3 Å². The summed E-state index contributed by atoms with van der Waals surface area (Å²) in [6.45, 7) is 0.827. The first-order chi connectivity index (χ1) is 12.7. The summed E-state index contributed by atoms with van der Waals surface area (Å²) >= 11 is 0. The van der Waals surface area contributed by atoms with Crippen LogP contribution in [0.4, 0.5) is 0 Å². The normalized spacial score (nSPS) is 19.2. The number of aromatic nitrogens is 1. The van der Waals surface area contributed by atoms with Crippen molar-refractivity contribution in [1.29, 1.82) is 0 Å². The number of methoxy groups -OCH3 is 1. The molecule has 7 heteroatoms. The van der Waals surface area contributed by atoms with Crippen molar-refractivity contribution in [2.24, 2.45) is 5.73 Å². The summed E-state index contributed by atoms with van der Waals surface area (Å²) < 4.78 is 16.5. The molecule has 2 heterocycles. The van der Waals surface area contributed by atoms with Gasteiger partial charge in [-0.25, -0.2) is 4.98 Å². The molecule has 0 unspecified atom stereocenters. The zero-order valence-corrected chi connectivity index (χ0v) is 14.7. The van der Waals surface area contributed by atoms with E-state index in [9.17, 15) is 4.79 Å². The molecule has 1 aliphatic rings. The van der Waals surface area contributed by atoms with Crippen LogP contribution in [0.3, 0.4) is 0 Å². The quantitative estimate of drug-likeness (QED) is 0.787. The Balaban J connectivity index is 1.54. The second-order valence-electron chi connectivity index (χ2n) is 6.06. The van der Waals surface area contributed by atoms with Crippen LogP contribution >= 0.6 is 0 Å². The van der Waals surface area contributed by atoms with Crippen LogP contribution in [0.25, 0.3) is 0 Å². The van der Waals surface area contributed by atoms with Crippen molar-refractivity contribution in [3.63, 3.8) is 0 Å². The van der Waals surface area contributed by atoms with Gasteiger partial charge in [0.05, 0.1) is 13.2 Å². The molecule has 1 aromatic carbocycles. The Morgan fingerprint density at radius 2 is 2.04 bits per heavy atom. The first-order valence-corrected chi connectivity index (χ1v) is 8.58. The van der Waals surface area contributed by atoms with Crippen molar-refractivity contribution in [2.45, 2.75) is 31.6 Å². The molecule has 0 bridgehead atoms. The van der Waals surface area contributed by atoms with Crippen molar-refractivity contribution in [2.75, 3.05) is 13.7 Å². The summed E-state index contributed by atoms with van der Waals surface area (Å²) in [5, 5.41) is 2.89. The number of carbonyl (C=O) groups excluding carboxylic acids is 1. The van der Waals surface area contributed by atoms with Crippen molar-refractivity contribution in [3.05, 3.63) is 48.2 Å². The Morgan fingerprint density at radius 3 is 2.73 bits per heavy atom. The van der Waals surface area contributed by atoms with E-state index < -0.39 is 6.10 Å². The second kappa shape index (κ2) is 8.64. The Bertz CT molecular complexity index is 736. The Labute approximate surface area is 152 Å². The third kappa shape index (κ3) is 4.71. The number of benzene rings is 1. The molecule has 1 aromatic heterocycles. The van der Waals surface area contributed by atoms with E-state index in [1.807, 2.05) is 18.2 Å². The zero-order valence-electron chi connectivity index (χ0n) is 14.7. The second-order valence-corrected chi connectivity index (χ2v) is 6.06. The highest BCUT2D eigenvalue weighted by molar-refractivity contribution is 5.81. The van der Waals surface area contributed by atoms with Crippen molar-refractivity contribution in [1.82, 2.24) is 10.3 Å². The van der Waals surface area contributed by atoms with Crippen LogP contribution in [0.15, 0.2) is 42.6 Å². The maximum absolute atomic E-state index is 12.2. The van der Waals surface area contributed by atoms with Gasteiger partial charge in [0, 0.05) is 25.4 Å². The van der Waals surface area contributed by atoms with Gasteiger partial charge in [-0.15, -0.1) is 0 Å². The molecule has 1 aliphatic heterocycles. The SMILES string of the molecule is COc1ccc(Oc2cc(CNC(=O)[C@@H]3CC[C@H](CN)O3)ccn2)cc1. The van der Waals surface area contributed by atoms with Gasteiger partial charge in [0.2, 0.25) is 11.8 Å². The van der Waals surface area contributed by atoms with Crippen LogP contribution in [0, 0.1) is 0 Å². The maximum Gasteiger partial charge on any atom is 0.249 e. The first kappa shape index (κ1) is 18.2. The Morgan fingerprint density at radius 1 is 1.27 bits per heavy atom. The lowest BCUT2D eigenvalue weighted by molar-refractivity contribution is -0.132. The zero-order chi connectivity index (χ0) is 18.4. The van der Waals surface area contributed by atoms with Crippen LogP contribution in [0.5, 0.6) is 17.4 Å². The Kier molecular flexibility index (Phi) is 6.04. The molecule has 1 amide bonds. The number of ether oxygens (including phenoxy) is 3. The van der Waals surface area contributed by atoms with Crippen LogP contribution in [-0.4, -0.2) is 36.8 Å².